The minimum atomic E-state index is -0.408. The van der Waals surface area contributed by atoms with Gasteiger partial charge in [-0.25, -0.2) is 4.79 Å². The normalized spacial score (nSPS) is 33.5. The SMILES string of the molecule is CN1CC2CCC(C1)C2NC(=O)OC(C)(C)C. The largest absolute Gasteiger partial charge is 0.444 e. The zero-order valence-electron chi connectivity index (χ0n) is 11.3. The molecule has 2 unspecified atom stereocenters. The summed E-state index contributed by atoms with van der Waals surface area (Å²) in [6.45, 7) is 7.88. The minimum Gasteiger partial charge on any atom is -0.444 e. The van der Waals surface area contributed by atoms with Gasteiger partial charge in [0.2, 0.25) is 0 Å². The first-order chi connectivity index (χ1) is 7.85. The van der Waals surface area contributed by atoms with E-state index >= 15 is 0 Å². The molecule has 1 amide bonds. The molecule has 0 spiro atoms. The van der Waals surface area contributed by atoms with Crippen LogP contribution < -0.4 is 5.32 Å². The summed E-state index contributed by atoms with van der Waals surface area (Å²) < 4.78 is 5.33. The molecule has 0 aromatic heterocycles. The predicted octanol–water partition coefficient (Wildman–Crippen LogP) is 1.85. The first-order valence-electron chi connectivity index (χ1n) is 6.53. The van der Waals surface area contributed by atoms with Crippen molar-refractivity contribution in [3.8, 4) is 0 Å². The van der Waals surface area contributed by atoms with Gasteiger partial charge in [-0.3, -0.25) is 0 Å². The lowest BCUT2D eigenvalue weighted by molar-refractivity contribution is 0.0435. The number of ether oxygens (including phenoxy) is 1. The van der Waals surface area contributed by atoms with Gasteiger partial charge in [0.15, 0.2) is 0 Å². The predicted molar refractivity (Wildman–Crippen MR) is 66.9 cm³/mol. The van der Waals surface area contributed by atoms with Crippen LogP contribution in [0.5, 0.6) is 0 Å². The van der Waals surface area contributed by atoms with Crippen LogP contribution in [0.25, 0.3) is 0 Å². The number of fused-ring (bicyclic) bond motifs is 2. The summed E-state index contributed by atoms with van der Waals surface area (Å²) in [6, 6.07) is 0.320. The van der Waals surface area contributed by atoms with Crippen molar-refractivity contribution in [1.82, 2.24) is 10.2 Å². The zero-order chi connectivity index (χ0) is 12.6. The Kier molecular flexibility index (Phi) is 3.34. The number of amides is 1. The van der Waals surface area contributed by atoms with Crippen LogP contribution in [0.3, 0.4) is 0 Å². The molecule has 0 aromatic rings. The Bertz CT molecular complexity index is 284. The smallest absolute Gasteiger partial charge is 0.407 e. The first kappa shape index (κ1) is 12.7. The number of likely N-dealkylation sites (tertiary alicyclic amines) is 1. The van der Waals surface area contributed by atoms with E-state index < -0.39 is 5.60 Å². The van der Waals surface area contributed by atoms with Crippen LogP contribution in [0.4, 0.5) is 4.79 Å². The summed E-state index contributed by atoms with van der Waals surface area (Å²) in [5.41, 5.74) is -0.408. The third-order valence-corrected chi connectivity index (χ3v) is 3.70. The second-order valence-corrected chi connectivity index (χ2v) is 6.49. The zero-order valence-corrected chi connectivity index (χ0v) is 11.3. The second-order valence-electron chi connectivity index (χ2n) is 6.49. The molecule has 98 valence electrons. The lowest BCUT2D eigenvalue weighted by Gasteiger charge is -2.36. The second kappa shape index (κ2) is 4.48. The van der Waals surface area contributed by atoms with Gasteiger partial charge >= 0.3 is 6.09 Å². The number of nitrogens with zero attached hydrogens (tertiary/aromatic N) is 1. The number of piperidine rings is 1. The molecule has 2 atom stereocenters. The molecule has 2 rings (SSSR count). The molecule has 2 fully saturated rings. The summed E-state index contributed by atoms with van der Waals surface area (Å²) in [5, 5.41) is 3.07. The highest BCUT2D eigenvalue weighted by Gasteiger charge is 2.42. The Morgan fingerprint density at radius 3 is 2.24 bits per heavy atom. The van der Waals surface area contributed by atoms with Crippen molar-refractivity contribution in [2.75, 3.05) is 20.1 Å². The van der Waals surface area contributed by atoms with Gasteiger partial charge in [0, 0.05) is 19.1 Å². The molecule has 1 aliphatic carbocycles. The topological polar surface area (TPSA) is 41.6 Å². The molecule has 0 aromatic carbocycles. The molecule has 4 nitrogen and oxygen atoms in total. The molecule has 2 aliphatic rings. The maximum atomic E-state index is 11.8. The number of carbonyl (C=O) groups is 1. The fraction of sp³-hybridized carbons (Fsp3) is 0.923. The molecular formula is C13H24N2O2. The van der Waals surface area contributed by atoms with E-state index in [0.717, 1.165) is 13.1 Å². The Balaban J connectivity index is 1.90. The van der Waals surface area contributed by atoms with Crippen LogP contribution >= 0.6 is 0 Å². The fourth-order valence-corrected chi connectivity index (χ4v) is 3.14. The molecule has 1 saturated carbocycles. The highest BCUT2D eigenvalue weighted by atomic mass is 16.6. The average Bonchev–Trinajstić information content (AvgIpc) is 2.42. The summed E-state index contributed by atoms with van der Waals surface area (Å²) in [7, 11) is 2.16. The van der Waals surface area contributed by atoms with E-state index in [1.165, 1.54) is 12.8 Å². The fourth-order valence-electron chi connectivity index (χ4n) is 3.14. The molecule has 1 N–H and O–H groups in total. The summed E-state index contributed by atoms with van der Waals surface area (Å²) in [5.74, 6) is 1.21. The van der Waals surface area contributed by atoms with Crippen molar-refractivity contribution in [2.24, 2.45) is 11.8 Å². The lowest BCUT2D eigenvalue weighted by atomic mass is 9.93. The molecular weight excluding hydrogens is 216 g/mol. The first-order valence-corrected chi connectivity index (χ1v) is 6.53. The maximum absolute atomic E-state index is 11.8. The number of hydrogen-bond acceptors (Lipinski definition) is 3. The summed E-state index contributed by atoms with van der Waals surface area (Å²) in [4.78, 5) is 14.2. The van der Waals surface area contributed by atoms with Gasteiger partial charge in [0.1, 0.15) is 5.60 Å². The van der Waals surface area contributed by atoms with Crippen LogP contribution in [0.1, 0.15) is 33.6 Å². The van der Waals surface area contributed by atoms with Crippen LogP contribution in [0.2, 0.25) is 0 Å². The minimum absolute atomic E-state index is 0.260. The monoisotopic (exact) mass is 240 g/mol. The number of alkyl carbamates (subject to hydrolysis) is 1. The van der Waals surface area contributed by atoms with Gasteiger partial charge in [-0.05, 0) is 52.5 Å². The summed E-state index contributed by atoms with van der Waals surface area (Å²) >= 11 is 0. The van der Waals surface area contributed by atoms with E-state index in [2.05, 4.69) is 17.3 Å². The van der Waals surface area contributed by atoms with Crippen molar-refractivity contribution < 1.29 is 9.53 Å². The van der Waals surface area contributed by atoms with Crippen molar-refractivity contribution in [3.05, 3.63) is 0 Å². The van der Waals surface area contributed by atoms with Crippen LogP contribution in [0, 0.1) is 11.8 Å². The van der Waals surface area contributed by atoms with E-state index in [-0.39, 0.29) is 6.09 Å². The highest BCUT2D eigenvalue weighted by molar-refractivity contribution is 5.68. The number of rotatable bonds is 1. The molecule has 0 radical (unpaired) electrons. The van der Waals surface area contributed by atoms with Gasteiger partial charge in [0.05, 0.1) is 0 Å². The summed E-state index contributed by atoms with van der Waals surface area (Å²) in [6.07, 6.45) is 2.20. The Morgan fingerprint density at radius 1 is 1.24 bits per heavy atom. The molecule has 1 saturated heterocycles. The molecule has 17 heavy (non-hydrogen) atoms. The van der Waals surface area contributed by atoms with Crippen molar-refractivity contribution in [2.45, 2.75) is 45.3 Å². The van der Waals surface area contributed by atoms with Crippen LogP contribution in [0.15, 0.2) is 0 Å². The molecule has 1 heterocycles. The Morgan fingerprint density at radius 2 is 1.76 bits per heavy atom. The standard InChI is InChI=1S/C13H24N2O2/c1-13(2,3)17-12(16)14-11-9-5-6-10(11)8-15(4)7-9/h9-11H,5-8H2,1-4H3,(H,14,16). The van der Waals surface area contributed by atoms with Crippen LogP contribution in [-0.4, -0.2) is 42.8 Å². The number of nitrogens with one attached hydrogen (secondary N) is 1. The van der Waals surface area contributed by atoms with Gasteiger partial charge in [-0.15, -0.1) is 0 Å². The Hall–Kier alpha value is -0.770. The number of carbonyl (C=O) groups excluding carboxylic acids is 1. The lowest BCUT2D eigenvalue weighted by Crippen LogP contribution is -2.52. The molecule has 1 aliphatic heterocycles. The van der Waals surface area contributed by atoms with E-state index in [1.54, 1.807) is 0 Å². The average molecular weight is 240 g/mol. The Labute approximate surface area is 104 Å². The quantitative estimate of drug-likeness (QED) is 0.760. The molecule has 4 heteroatoms. The van der Waals surface area contributed by atoms with E-state index in [4.69, 9.17) is 4.74 Å². The number of hydrogen-bond donors (Lipinski definition) is 1. The van der Waals surface area contributed by atoms with E-state index in [9.17, 15) is 4.79 Å². The van der Waals surface area contributed by atoms with E-state index in [0.29, 0.717) is 17.9 Å². The van der Waals surface area contributed by atoms with Gasteiger partial charge in [0.25, 0.3) is 0 Å². The van der Waals surface area contributed by atoms with Gasteiger partial charge in [-0.2, -0.15) is 0 Å². The third-order valence-electron chi connectivity index (χ3n) is 3.70. The van der Waals surface area contributed by atoms with Crippen molar-refractivity contribution in [3.63, 3.8) is 0 Å². The highest BCUT2D eigenvalue weighted by Crippen LogP contribution is 2.36. The third kappa shape index (κ3) is 3.12. The maximum Gasteiger partial charge on any atom is 0.407 e. The van der Waals surface area contributed by atoms with Gasteiger partial charge < -0.3 is 15.0 Å². The molecule has 2 bridgehead atoms. The van der Waals surface area contributed by atoms with Crippen molar-refractivity contribution >= 4 is 6.09 Å². The van der Waals surface area contributed by atoms with Crippen LogP contribution in [-0.2, 0) is 4.74 Å². The van der Waals surface area contributed by atoms with Gasteiger partial charge in [-0.1, -0.05) is 0 Å². The van der Waals surface area contributed by atoms with E-state index in [1.807, 2.05) is 20.8 Å². The van der Waals surface area contributed by atoms with Crippen molar-refractivity contribution in [1.29, 1.82) is 0 Å².